The lowest BCUT2D eigenvalue weighted by Crippen LogP contribution is -2.46. The van der Waals surface area contributed by atoms with Gasteiger partial charge in [0.25, 0.3) is 0 Å². The summed E-state index contributed by atoms with van der Waals surface area (Å²) in [5.41, 5.74) is 0.282. The number of nitrogens with one attached hydrogen (secondary N) is 1. The number of aryl methyl sites for hydroxylation is 1. The fourth-order valence-electron chi connectivity index (χ4n) is 4.88. The van der Waals surface area contributed by atoms with Crippen molar-refractivity contribution in [1.29, 1.82) is 0 Å². The predicted octanol–water partition coefficient (Wildman–Crippen LogP) is 3.40. The molecule has 4 N–H and O–H groups in total. The number of aliphatic carboxylic acids is 1. The van der Waals surface area contributed by atoms with Gasteiger partial charge >= 0.3 is 5.97 Å². The van der Waals surface area contributed by atoms with Crippen LogP contribution < -0.4 is 5.32 Å². The zero-order chi connectivity index (χ0) is 29.0. The zero-order valence-electron chi connectivity index (χ0n) is 23.8. The van der Waals surface area contributed by atoms with Crippen LogP contribution in [0.25, 0.3) is 6.08 Å². The fourth-order valence-corrected chi connectivity index (χ4v) is 5.45. The van der Waals surface area contributed by atoms with Crippen molar-refractivity contribution in [2.24, 2.45) is 17.3 Å². The van der Waals surface area contributed by atoms with Crippen LogP contribution in [0.3, 0.4) is 0 Å². The Bertz CT molecular complexity index is 1040. The summed E-state index contributed by atoms with van der Waals surface area (Å²) in [6.45, 7) is 12.0. The molecule has 1 aromatic rings. The van der Waals surface area contributed by atoms with E-state index in [1.165, 1.54) is 20.8 Å². The van der Waals surface area contributed by atoms with Gasteiger partial charge in [-0.3, -0.25) is 14.4 Å². The number of hydrogen-bond acceptors (Lipinski definition) is 9. The first-order valence-electron chi connectivity index (χ1n) is 13.1. The number of carbonyl (C=O) groups is 3. The quantitative estimate of drug-likeness (QED) is 0.226. The number of epoxide rings is 1. The molecule has 0 aromatic carbocycles. The molecule has 0 radical (unpaired) electrons. The maximum atomic E-state index is 13.0. The van der Waals surface area contributed by atoms with Gasteiger partial charge in [-0.2, -0.15) is 0 Å². The minimum Gasteiger partial charge on any atom is -0.481 e. The first kappa shape index (κ1) is 32.2. The number of carbonyl (C=O) groups excluding carboxylic acids is 2. The molecule has 1 aromatic heterocycles. The van der Waals surface area contributed by atoms with E-state index in [-0.39, 0.29) is 24.3 Å². The number of carboxylic acid groups (broad SMARTS) is 1. The monoisotopic (exact) mass is 552 g/mol. The number of aliphatic hydroxyl groups excluding tert-OH is 2. The molecule has 2 rings (SSSR count). The Morgan fingerprint density at radius 3 is 2.42 bits per heavy atom. The van der Waals surface area contributed by atoms with E-state index in [0.29, 0.717) is 6.42 Å². The van der Waals surface area contributed by atoms with Crippen molar-refractivity contribution in [3.63, 3.8) is 0 Å². The third-order valence-corrected chi connectivity index (χ3v) is 8.84. The van der Waals surface area contributed by atoms with Crippen molar-refractivity contribution >= 4 is 34.9 Å². The molecule has 1 fully saturated rings. The highest BCUT2D eigenvalue weighted by atomic mass is 32.1. The van der Waals surface area contributed by atoms with E-state index in [2.05, 4.69) is 23.3 Å². The van der Waals surface area contributed by atoms with Gasteiger partial charge in [0.2, 0.25) is 0 Å². The number of aliphatic hydroxyl groups is 2. The van der Waals surface area contributed by atoms with E-state index in [9.17, 15) is 24.6 Å². The summed E-state index contributed by atoms with van der Waals surface area (Å²) in [5.74, 6) is -3.60. The van der Waals surface area contributed by atoms with Crippen LogP contribution in [-0.4, -0.2) is 74.8 Å². The number of thiazole rings is 1. The molecule has 1 saturated heterocycles. The van der Waals surface area contributed by atoms with Crippen molar-refractivity contribution in [2.45, 2.75) is 104 Å². The number of ether oxygens (including phenoxy) is 1. The largest absolute Gasteiger partial charge is 0.481 e. The summed E-state index contributed by atoms with van der Waals surface area (Å²) < 4.78 is 5.99. The van der Waals surface area contributed by atoms with E-state index < -0.39 is 53.2 Å². The van der Waals surface area contributed by atoms with Crippen molar-refractivity contribution in [2.75, 3.05) is 7.05 Å². The highest BCUT2D eigenvalue weighted by Crippen LogP contribution is 2.44. The Kier molecular flexibility index (Phi) is 11.0. The Morgan fingerprint density at radius 2 is 1.89 bits per heavy atom. The average Bonchev–Trinajstić information content (AvgIpc) is 3.31. The van der Waals surface area contributed by atoms with Gasteiger partial charge in [-0.05, 0) is 46.7 Å². The molecule has 1 aliphatic heterocycles. The van der Waals surface area contributed by atoms with Gasteiger partial charge in [-0.25, -0.2) is 4.98 Å². The van der Waals surface area contributed by atoms with Crippen LogP contribution in [0.4, 0.5) is 0 Å². The van der Waals surface area contributed by atoms with Crippen LogP contribution in [0.5, 0.6) is 0 Å². The highest BCUT2D eigenvalue weighted by Gasteiger charge is 2.52. The second-order valence-corrected chi connectivity index (χ2v) is 12.5. The number of aromatic nitrogens is 1. The summed E-state index contributed by atoms with van der Waals surface area (Å²) in [5, 5.41) is 36.3. The molecule has 0 amide bonds. The lowest BCUT2D eigenvalue weighted by atomic mass is 9.73. The Hall–Kier alpha value is -1.98. The Balaban J connectivity index is 1.91. The third-order valence-electron chi connectivity index (χ3n) is 8.05. The van der Waals surface area contributed by atoms with Gasteiger partial charge in [-0.1, -0.05) is 33.3 Å². The predicted molar refractivity (Wildman–Crippen MR) is 147 cm³/mol. The molecule has 9 nitrogen and oxygen atoms in total. The molecule has 0 unspecified atom stereocenters. The molecule has 0 spiro atoms. The van der Waals surface area contributed by atoms with Crippen LogP contribution in [0.15, 0.2) is 11.0 Å². The maximum Gasteiger partial charge on any atom is 0.306 e. The molecule has 7 atom stereocenters. The van der Waals surface area contributed by atoms with Crippen molar-refractivity contribution in [1.82, 2.24) is 10.3 Å². The molecular formula is C28H44N2O7S. The van der Waals surface area contributed by atoms with E-state index >= 15 is 0 Å². The van der Waals surface area contributed by atoms with Gasteiger partial charge in [0.05, 0.1) is 46.5 Å². The topological polar surface area (TPSA) is 149 Å². The van der Waals surface area contributed by atoms with Crippen LogP contribution >= 0.6 is 11.3 Å². The second kappa shape index (κ2) is 12.9. The van der Waals surface area contributed by atoms with E-state index in [0.717, 1.165) is 22.7 Å². The molecule has 2 heterocycles. The number of rotatable bonds is 16. The number of Topliss-reactive ketones (excluding diaryl/α,β-unsaturated/α-hetero) is 2. The fraction of sp³-hybridized carbons (Fsp3) is 0.714. The molecular weight excluding hydrogens is 508 g/mol. The van der Waals surface area contributed by atoms with Crippen LogP contribution in [0, 0.1) is 24.2 Å². The minimum absolute atomic E-state index is 0.00877. The lowest BCUT2D eigenvalue weighted by Gasteiger charge is -2.33. The molecule has 0 aliphatic carbocycles. The normalized spacial score (nSPS) is 23.8. The second-order valence-electron chi connectivity index (χ2n) is 11.4. The molecule has 1 aliphatic rings. The first-order chi connectivity index (χ1) is 17.5. The summed E-state index contributed by atoms with van der Waals surface area (Å²) >= 11 is 1.61. The van der Waals surface area contributed by atoms with Crippen LogP contribution in [-0.2, 0) is 19.1 Å². The third kappa shape index (κ3) is 8.02. The number of ketones is 2. The van der Waals surface area contributed by atoms with Crippen molar-refractivity contribution < 1.29 is 34.4 Å². The first-order valence-corrected chi connectivity index (χ1v) is 14.0. The van der Waals surface area contributed by atoms with E-state index in [1.807, 2.05) is 26.3 Å². The molecule has 0 bridgehead atoms. The minimum atomic E-state index is -1.40. The number of nitrogens with zero attached hydrogens (tertiary/aromatic N) is 1. The average molecular weight is 553 g/mol. The molecule has 214 valence electrons. The van der Waals surface area contributed by atoms with Gasteiger partial charge < -0.3 is 25.4 Å². The van der Waals surface area contributed by atoms with Crippen molar-refractivity contribution in [3.05, 3.63) is 21.7 Å². The van der Waals surface area contributed by atoms with Crippen LogP contribution in [0.1, 0.15) is 77.9 Å². The smallest absolute Gasteiger partial charge is 0.306 e. The Morgan fingerprint density at radius 1 is 1.26 bits per heavy atom. The lowest BCUT2D eigenvalue weighted by molar-refractivity contribution is -0.147. The number of likely N-dealkylation sites (N-methyl/N-ethyl adjacent to an activating group) is 1. The van der Waals surface area contributed by atoms with Gasteiger partial charge in [0, 0.05) is 29.7 Å². The van der Waals surface area contributed by atoms with Gasteiger partial charge in [0.15, 0.2) is 0 Å². The summed E-state index contributed by atoms with van der Waals surface area (Å²) in [4.78, 5) is 41.4. The molecule has 0 saturated carbocycles. The van der Waals surface area contributed by atoms with E-state index in [4.69, 9.17) is 9.84 Å². The zero-order valence-corrected chi connectivity index (χ0v) is 24.6. The van der Waals surface area contributed by atoms with Gasteiger partial charge in [-0.15, -0.1) is 11.3 Å². The summed E-state index contributed by atoms with van der Waals surface area (Å²) in [6.07, 6.45) is 0.298. The highest BCUT2D eigenvalue weighted by molar-refractivity contribution is 7.09. The molecule has 10 heteroatoms. The van der Waals surface area contributed by atoms with Gasteiger partial charge in [0.1, 0.15) is 11.6 Å². The summed E-state index contributed by atoms with van der Waals surface area (Å²) in [7, 11) is 1.91. The maximum absolute atomic E-state index is 13.0. The number of hydrogen-bond donors (Lipinski definition) is 4. The number of carboxylic acids is 1. The Labute approximate surface area is 229 Å². The molecule has 38 heavy (non-hydrogen) atoms. The van der Waals surface area contributed by atoms with E-state index in [1.54, 1.807) is 18.3 Å². The summed E-state index contributed by atoms with van der Waals surface area (Å²) in [6, 6.07) is 0.104. The van der Waals surface area contributed by atoms with Crippen molar-refractivity contribution in [3.8, 4) is 0 Å². The standard InChI is InChI=1S/C28H44N2O7S/c1-15(11-19-14-38-18(4)30-19)20(29-8)12-23-28(7,37-23)10-9-21(31)16(2)25(35)17(3)26(36)27(5,6)22(32)13-24(33)34/h11,14,16-17,20,22-23,25,29,32,35H,9-10,12-13H2,1-8H3,(H,33,34)/b15-11+/t16-,17+,20-,22-,23-,25-,28+/m0/s1. The SMILES string of the molecule is CN[C@@H](C[C@@H]1O[C@]1(C)CCC(=O)[C@H](C)[C@H](O)[C@@H](C)C(=O)C(C)(C)[C@@H](O)CC(=O)O)/C(C)=C/c1csc(C)n1. The van der Waals surface area contributed by atoms with Crippen LogP contribution in [0.2, 0.25) is 0 Å².